The molecule has 12 heavy (non-hydrogen) atoms. The molecule has 0 N–H and O–H groups in total. The van der Waals surface area contributed by atoms with Crippen LogP contribution in [0.2, 0.25) is 0 Å². The molecule has 0 spiro atoms. The molecule has 0 rings (SSSR count). The summed E-state index contributed by atoms with van der Waals surface area (Å²) < 4.78 is 11.3. The van der Waals surface area contributed by atoms with E-state index in [1.54, 1.807) is 20.2 Å². The summed E-state index contributed by atoms with van der Waals surface area (Å²) in [4.78, 5) is 3.61. The number of hydrogen-bond donors (Lipinski definition) is 0. The Balaban J connectivity index is -0.0000000483. The maximum absolute atomic E-state index is 11.3. The minimum absolute atomic E-state index is 0. The van der Waals surface area contributed by atoms with Crippen LogP contribution in [0.1, 0.15) is 13.8 Å². The van der Waals surface area contributed by atoms with Gasteiger partial charge in [0.15, 0.2) is 0 Å². The van der Waals surface area contributed by atoms with Gasteiger partial charge in [0, 0.05) is 7.05 Å². The summed E-state index contributed by atoms with van der Waals surface area (Å²) in [5.41, 5.74) is 0. The predicted octanol–water partition coefficient (Wildman–Crippen LogP) is 3.01. The number of halogens is 1. The van der Waals surface area contributed by atoms with Crippen molar-refractivity contribution in [3.63, 3.8) is 0 Å². The number of rotatable bonds is 1. The van der Waals surface area contributed by atoms with Crippen LogP contribution in [0.5, 0.6) is 0 Å². The normalized spacial score (nSPS) is 8.00. The quantitative estimate of drug-likeness (QED) is 0.349. The number of hydrogen-bond acceptors (Lipinski definition) is 1. The van der Waals surface area contributed by atoms with Gasteiger partial charge in [0.05, 0.1) is 0 Å². The van der Waals surface area contributed by atoms with E-state index in [4.69, 9.17) is 0 Å². The van der Waals surface area contributed by atoms with Crippen molar-refractivity contribution in [1.29, 1.82) is 0 Å². The SMILES string of the molecule is CC=NC.[CH-]=C(F)/C=C/C.[CH3-].[Rf]. The molecule has 0 aliphatic heterocycles. The standard InChI is InChI=1S/C5H6F.C3H7N.CH3.Rf/c1-3-4-5(2)6;1-3-4-2;;/h2-4H,1H3;3H,1-2H3;1H3;/q-1;;-1;/b4-3+;;;. The summed E-state index contributed by atoms with van der Waals surface area (Å²) >= 11 is 0. The Bertz CT molecular complexity index is 126. The summed E-state index contributed by atoms with van der Waals surface area (Å²) in [6.07, 6.45) is 4.48. The van der Waals surface area contributed by atoms with Gasteiger partial charge in [-0.15, -0.1) is 0 Å². The molecule has 0 aromatic rings. The molecule has 0 aliphatic rings. The van der Waals surface area contributed by atoms with Gasteiger partial charge in [0.25, 0.3) is 0 Å². The van der Waals surface area contributed by atoms with Gasteiger partial charge in [-0.2, -0.15) is 12.2 Å². The van der Waals surface area contributed by atoms with Gasteiger partial charge >= 0.3 is 0 Å². The van der Waals surface area contributed by atoms with E-state index in [9.17, 15) is 4.39 Å². The fourth-order valence-electron chi connectivity index (χ4n) is 0.159. The Morgan fingerprint density at radius 1 is 1.42 bits per heavy atom. The van der Waals surface area contributed by atoms with E-state index in [0.717, 1.165) is 0 Å². The third-order valence-electron chi connectivity index (χ3n) is 0.584. The van der Waals surface area contributed by atoms with Crippen LogP contribution in [-0.4, -0.2) is 13.3 Å². The molecule has 3 heteroatoms. The van der Waals surface area contributed by atoms with Crippen molar-refractivity contribution in [3.8, 4) is 0 Å². The molecule has 0 bridgehead atoms. The molecule has 0 heterocycles. The first-order valence-electron chi connectivity index (χ1n) is 2.96. The minimum atomic E-state index is -0.641. The topological polar surface area (TPSA) is 12.4 Å². The van der Waals surface area contributed by atoms with E-state index in [2.05, 4.69) is 11.6 Å². The fraction of sp³-hybridized carbons (Fsp3) is 0.333. The molecule has 1 nitrogen and oxygen atoms in total. The van der Waals surface area contributed by atoms with Gasteiger partial charge in [-0.25, -0.2) is 0 Å². The van der Waals surface area contributed by atoms with Crippen LogP contribution in [0.4, 0.5) is 4.39 Å². The van der Waals surface area contributed by atoms with Crippen LogP contribution < -0.4 is 0 Å². The fourth-order valence-corrected chi connectivity index (χ4v) is 0.159. The predicted molar refractivity (Wildman–Crippen MR) is 50.2 cm³/mol. The van der Waals surface area contributed by atoms with E-state index >= 15 is 0 Å². The second-order valence-corrected chi connectivity index (χ2v) is 1.40. The molecule has 0 saturated carbocycles. The van der Waals surface area contributed by atoms with Gasteiger partial charge in [-0.05, 0) is 13.1 Å². The largest absolute Gasteiger partial charge is 0.358 e. The monoisotopic (exact) mass is 424 g/mol. The van der Waals surface area contributed by atoms with Gasteiger partial charge in [0.1, 0.15) is 0 Å². The van der Waals surface area contributed by atoms with E-state index in [1.165, 1.54) is 12.2 Å². The minimum Gasteiger partial charge on any atom is -0.358 e. The summed E-state index contributed by atoms with van der Waals surface area (Å²) in [7, 11) is 1.75. The van der Waals surface area contributed by atoms with Crippen LogP contribution in [0.3, 0.4) is 0 Å². The van der Waals surface area contributed by atoms with Crippen molar-refractivity contribution in [1.82, 2.24) is 0 Å². The molecule has 0 aromatic heterocycles. The van der Waals surface area contributed by atoms with Crippen molar-refractivity contribution >= 4 is 6.21 Å². The average Bonchev–Trinajstić information content (AvgIpc) is 1.89. The zero-order chi connectivity index (χ0) is 8.41. The summed E-state index contributed by atoms with van der Waals surface area (Å²) in [5.74, 6) is -0.641. The first-order valence-corrected chi connectivity index (χ1v) is 2.96. The van der Waals surface area contributed by atoms with Crippen LogP contribution >= 0.6 is 0 Å². The van der Waals surface area contributed by atoms with Crippen LogP contribution in [0.25, 0.3) is 0 Å². The zero-order valence-corrected chi connectivity index (χ0v) is 14.7. The average molecular weight is 424 g/mol. The maximum Gasteiger partial charge on any atom is 0.0273 e. The van der Waals surface area contributed by atoms with Gasteiger partial charge < -0.3 is 12.4 Å². The Kier molecular flexibility index (Phi) is 43.0. The molecule has 0 saturated heterocycles. The molecule has 0 fully saturated rings. The first kappa shape index (κ1) is 22.5. The van der Waals surface area contributed by atoms with E-state index in [-0.39, 0.29) is 7.43 Å². The van der Waals surface area contributed by atoms with Crippen molar-refractivity contribution < 1.29 is 4.39 Å². The summed E-state index contributed by atoms with van der Waals surface area (Å²) in [6.45, 7) is 8.16. The Hall–Kier alpha value is -1.92. The number of allylic oxidation sites excluding steroid dienone is 3. The summed E-state index contributed by atoms with van der Waals surface area (Å²) in [6, 6.07) is 0. The maximum atomic E-state index is 11.3. The molecule has 0 unspecified atom stereocenters. The number of nitrogens with zero attached hydrogens (tertiary/aromatic N) is 1. The number of aliphatic imine (C=N–C) groups is 1. The van der Waals surface area contributed by atoms with Crippen molar-refractivity contribution in [2.75, 3.05) is 7.05 Å². The van der Waals surface area contributed by atoms with E-state index in [1.807, 2.05) is 6.92 Å². The molecule has 0 aliphatic carbocycles. The third kappa shape index (κ3) is 93.6. The van der Waals surface area contributed by atoms with Crippen molar-refractivity contribution in [3.05, 3.63) is 32.0 Å². The third-order valence-corrected chi connectivity index (χ3v) is 0.584. The molecule has 0 amide bonds. The van der Waals surface area contributed by atoms with Crippen molar-refractivity contribution in [2.24, 2.45) is 4.99 Å². The van der Waals surface area contributed by atoms with Gasteiger partial charge in [0.2, 0.25) is 0 Å². The smallest absolute Gasteiger partial charge is 0.0273 e. The van der Waals surface area contributed by atoms with Crippen LogP contribution in [-0.2, 0) is 0 Å². The van der Waals surface area contributed by atoms with Crippen LogP contribution in [0.15, 0.2) is 23.0 Å². The molecule has 0 radical (unpaired) electrons. The first-order chi connectivity index (χ1) is 4.68. The molecule has 0 aromatic carbocycles. The Morgan fingerprint density at radius 2 is 1.75 bits per heavy atom. The van der Waals surface area contributed by atoms with Crippen LogP contribution in [0, 0.1) is 14.0 Å². The second kappa shape index (κ2) is 23.0. The molecular weight excluding hydrogens is 408 g/mol. The Morgan fingerprint density at radius 3 is 1.75 bits per heavy atom. The second-order valence-electron chi connectivity index (χ2n) is 1.40. The van der Waals surface area contributed by atoms with Crippen molar-refractivity contribution in [2.45, 2.75) is 13.8 Å². The Labute approximate surface area is 69.4 Å². The molecule has 68 valence electrons. The molecular formula is C9H16FNRf-2. The van der Waals surface area contributed by atoms with Gasteiger partial charge in [-0.3, -0.25) is 11.0 Å². The van der Waals surface area contributed by atoms with E-state index < -0.39 is 5.83 Å². The summed E-state index contributed by atoms with van der Waals surface area (Å²) in [5, 5.41) is 0. The zero-order valence-electron chi connectivity index (χ0n) is 8.34. The van der Waals surface area contributed by atoms with Gasteiger partial charge in [-0.1, -0.05) is 12.8 Å². The van der Waals surface area contributed by atoms with E-state index in [0.29, 0.717) is 0 Å². The molecule has 0 atom stereocenters.